The minimum absolute atomic E-state index is 0.0724. The van der Waals surface area contributed by atoms with E-state index in [1.807, 2.05) is 30.3 Å². The van der Waals surface area contributed by atoms with E-state index >= 15 is 0 Å². The molecule has 3 unspecified atom stereocenters. The number of halogens is 1. The third-order valence-electron chi connectivity index (χ3n) is 4.26. The summed E-state index contributed by atoms with van der Waals surface area (Å²) in [6.45, 7) is 0.188. The van der Waals surface area contributed by atoms with E-state index in [9.17, 15) is 13.2 Å². The van der Waals surface area contributed by atoms with E-state index in [4.69, 9.17) is 15.4 Å². The Bertz CT molecular complexity index is 634. The van der Waals surface area contributed by atoms with Gasteiger partial charge in [-0.3, -0.25) is 0 Å². The highest BCUT2D eigenvalue weighted by atomic mass is 35.7. The molecule has 21 heavy (non-hydrogen) atoms. The summed E-state index contributed by atoms with van der Waals surface area (Å²) in [6, 6.07) is 8.97. The van der Waals surface area contributed by atoms with Gasteiger partial charge < -0.3 is 9.64 Å². The highest BCUT2D eigenvalue weighted by Gasteiger charge is 2.53. The molecule has 1 amide bonds. The van der Waals surface area contributed by atoms with Crippen LogP contribution in [0.5, 0.6) is 0 Å². The first-order chi connectivity index (χ1) is 9.97. The van der Waals surface area contributed by atoms with Crippen LogP contribution in [-0.2, 0) is 20.4 Å². The van der Waals surface area contributed by atoms with E-state index in [1.54, 1.807) is 4.90 Å². The van der Waals surface area contributed by atoms with Crippen molar-refractivity contribution in [1.29, 1.82) is 0 Å². The Morgan fingerprint density at radius 1 is 1.29 bits per heavy atom. The van der Waals surface area contributed by atoms with Gasteiger partial charge in [0.15, 0.2) is 0 Å². The summed E-state index contributed by atoms with van der Waals surface area (Å²) in [7, 11) is 1.83. The average molecular weight is 330 g/mol. The lowest BCUT2D eigenvalue weighted by Crippen LogP contribution is -2.39. The van der Waals surface area contributed by atoms with Gasteiger partial charge in [-0.15, -0.1) is 0 Å². The molecule has 2 aliphatic rings. The van der Waals surface area contributed by atoms with Gasteiger partial charge in [0.25, 0.3) is 0 Å². The highest BCUT2D eigenvalue weighted by molar-refractivity contribution is 8.14. The Morgan fingerprint density at radius 3 is 2.62 bits per heavy atom. The van der Waals surface area contributed by atoms with Crippen molar-refractivity contribution in [3.63, 3.8) is 0 Å². The molecule has 5 nitrogen and oxygen atoms in total. The number of hydrogen-bond acceptors (Lipinski definition) is 4. The lowest BCUT2D eigenvalue weighted by Gasteiger charge is -2.22. The number of amides is 1. The van der Waals surface area contributed by atoms with E-state index in [0.29, 0.717) is 12.8 Å². The van der Waals surface area contributed by atoms with Crippen molar-refractivity contribution in [2.75, 3.05) is 0 Å². The number of nitrogens with zero attached hydrogens (tertiary/aromatic N) is 1. The fraction of sp³-hybridized carbons (Fsp3) is 0.500. The van der Waals surface area contributed by atoms with Crippen LogP contribution < -0.4 is 0 Å². The van der Waals surface area contributed by atoms with Gasteiger partial charge in [0.05, 0.1) is 11.3 Å². The molecule has 3 atom stereocenters. The molecule has 1 aromatic carbocycles. The number of carbonyl (C=O) groups is 1. The Kier molecular flexibility index (Phi) is 3.84. The number of rotatable bonds is 3. The zero-order chi connectivity index (χ0) is 15.0. The number of carbonyl (C=O) groups excluding carboxylic acids is 1. The molecule has 3 rings (SSSR count). The normalized spacial score (nSPS) is 27.9. The van der Waals surface area contributed by atoms with Crippen molar-refractivity contribution in [3.05, 3.63) is 35.9 Å². The van der Waals surface area contributed by atoms with Crippen LogP contribution in [0.3, 0.4) is 0 Å². The Hall–Kier alpha value is -1.27. The van der Waals surface area contributed by atoms with Crippen molar-refractivity contribution in [3.8, 4) is 0 Å². The van der Waals surface area contributed by atoms with Crippen LogP contribution in [0.4, 0.5) is 4.79 Å². The number of ether oxygens (including phenoxy) is 1. The maximum absolute atomic E-state index is 12.2. The van der Waals surface area contributed by atoms with Crippen LogP contribution in [-0.4, -0.2) is 36.7 Å². The van der Waals surface area contributed by atoms with Gasteiger partial charge >= 0.3 is 6.09 Å². The number of benzene rings is 1. The summed E-state index contributed by atoms with van der Waals surface area (Å²) < 4.78 is 28.4. The lowest BCUT2D eigenvalue weighted by molar-refractivity contribution is 0.0910. The minimum atomic E-state index is -3.64. The van der Waals surface area contributed by atoms with Crippen LogP contribution in [0.15, 0.2) is 30.3 Å². The zero-order valence-electron chi connectivity index (χ0n) is 11.3. The molecule has 114 valence electrons. The predicted octanol–water partition coefficient (Wildman–Crippen LogP) is 2.50. The van der Waals surface area contributed by atoms with E-state index in [-0.39, 0.29) is 18.7 Å². The molecule has 2 fully saturated rings. The molecule has 0 radical (unpaired) electrons. The molecule has 0 N–H and O–H groups in total. The number of hydrogen-bond donors (Lipinski definition) is 0. The van der Waals surface area contributed by atoms with Gasteiger partial charge in [0.1, 0.15) is 6.61 Å². The first-order valence-corrected chi connectivity index (χ1v) is 9.26. The minimum Gasteiger partial charge on any atom is -0.445 e. The molecule has 0 aliphatic carbocycles. The summed E-state index contributed by atoms with van der Waals surface area (Å²) in [4.78, 5) is 13.8. The summed E-state index contributed by atoms with van der Waals surface area (Å²) >= 11 is 0. The van der Waals surface area contributed by atoms with E-state index in [0.717, 1.165) is 12.0 Å². The molecule has 1 aromatic rings. The topological polar surface area (TPSA) is 63.7 Å². The van der Waals surface area contributed by atoms with Crippen molar-refractivity contribution in [2.24, 2.45) is 0 Å². The zero-order valence-corrected chi connectivity index (χ0v) is 12.9. The first-order valence-electron chi connectivity index (χ1n) is 6.89. The quantitative estimate of drug-likeness (QED) is 0.799. The molecule has 2 saturated heterocycles. The molecular weight excluding hydrogens is 314 g/mol. The molecule has 0 aromatic heterocycles. The van der Waals surface area contributed by atoms with Crippen molar-refractivity contribution in [1.82, 2.24) is 4.90 Å². The molecule has 0 spiro atoms. The van der Waals surface area contributed by atoms with Gasteiger partial charge in [0, 0.05) is 16.7 Å². The maximum Gasteiger partial charge on any atom is 0.410 e. The second-order valence-electron chi connectivity index (χ2n) is 5.50. The molecule has 7 heteroatoms. The fourth-order valence-corrected chi connectivity index (χ4v) is 4.98. The lowest BCUT2D eigenvalue weighted by atomic mass is 10.0. The van der Waals surface area contributed by atoms with Crippen LogP contribution in [0, 0.1) is 0 Å². The third-order valence-corrected chi connectivity index (χ3v) is 6.17. The molecule has 2 aliphatic heterocycles. The molecular formula is C14H16ClNO4S. The number of fused-ring (bicyclic) bond motifs is 2. The average Bonchev–Trinajstić information content (AvgIpc) is 3.03. The first kappa shape index (κ1) is 14.7. The van der Waals surface area contributed by atoms with Crippen LogP contribution in [0.1, 0.15) is 24.8 Å². The summed E-state index contributed by atoms with van der Waals surface area (Å²) in [5, 5.41) is -0.665. The van der Waals surface area contributed by atoms with Gasteiger partial charge in [-0.1, -0.05) is 30.3 Å². The van der Waals surface area contributed by atoms with Gasteiger partial charge in [-0.2, -0.15) is 0 Å². The fourth-order valence-electron chi connectivity index (χ4n) is 3.31. The Balaban J connectivity index is 1.66. The Labute approximate surface area is 128 Å². The van der Waals surface area contributed by atoms with Gasteiger partial charge in [-0.05, 0) is 24.8 Å². The molecule has 0 saturated carbocycles. The highest BCUT2D eigenvalue weighted by Crippen LogP contribution is 2.42. The standard InChI is InChI=1S/C14H16ClNO4S/c15-21(18,19)13-8-11-6-7-12(13)16(11)14(17)20-9-10-4-2-1-3-5-10/h1-5,11-13H,6-9H2. The second kappa shape index (κ2) is 5.50. The third kappa shape index (κ3) is 2.87. The van der Waals surface area contributed by atoms with Gasteiger partial charge in [0.2, 0.25) is 9.05 Å². The van der Waals surface area contributed by atoms with Crippen molar-refractivity contribution in [2.45, 2.75) is 43.2 Å². The van der Waals surface area contributed by atoms with Crippen LogP contribution in [0.25, 0.3) is 0 Å². The maximum atomic E-state index is 12.2. The summed E-state index contributed by atoms with van der Waals surface area (Å²) in [6.07, 6.45) is 1.45. The summed E-state index contributed by atoms with van der Waals surface area (Å²) in [5.74, 6) is 0. The van der Waals surface area contributed by atoms with Crippen LogP contribution >= 0.6 is 10.7 Å². The summed E-state index contributed by atoms with van der Waals surface area (Å²) in [5.41, 5.74) is 0.902. The predicted molar refractivity (Wildman–Crippen MR) is 78.5 cm³/mol. The smallest absolute Gasteiger partial charge is 0.410 e. The van der Waals surface area contributed by atoms with E-state index in [1.165, 1.54) is 0 Å². The van der Waals surface area contributed by atoms with E-state index in [2.05, 4.69) is 0 Å². The van der Waals surface area contributed by atoms with Crippen LogP contribution in [0.2, 0.25) is 0 Å². The molecule has 2 heterocycles. The van der Waals surface area contributed by atoms with E-state index < -0.39 is 20.4 Å². The van der Waals surface area contributed by atoms with Crippen molar-refractivity contribution < 1.29 is 17.9 Å². The van der Waals surface area contributed by atoms with Gasteiger partial charge in [-0.25, -0.2) is 13.2 Å². The van der Waals surface area contributed by atoms with Crippen molar-refractivity contribution >= 4 is 25.8 Å². The molecule has 2 bridgehead atoms. The Morgan fingerprint density at radius 2 is 2.00 bits per heavy atom. The monoisotopic (exact) mass is 329 g/mol. The SMILES string of the molecule is O=C(OCc1ccccc1)N1C2CCC1C(S(=O)(=O)Cl)C2. The second-order valence-corrected chi connectivity index (χ2v) is 8.34. The largest absolute Gasteiger partial charge is 0.445 e.